The van der Waals surface area contributed by atoms with E-state index in [1.807, 2.05) is 37.5 Å². The minimum absolute atomic E-state index is 0.0888. The molecule has 7 nitrogen and oxygen atoms in total. The van der Waals surface area contributed by atoms with Crippen LogP contribution in [-0.2, 0) is 14.9 Å². The predicted molar refractivity (Wildman–Crippen MR) is 120 cm³/mol. The van der Waals surface area contributed by atoms with Gasteiger partial charge in [-0.3, -0.25) is 9.78 Å². The third kappa shape index (κ3) is 3.25. The van der Waals surface area contributed by atoms with Crippen LogP contribution in [0.1, 0.15) is 12.0 Å². The Hall–Kier alpha value is -3.03. The van der Waals surface area contributed by atoms with Crippen LogP contribution in [0.15, 0.2) is 42.7 Å². The minimum Gasteiger partial charge on any atom is -0.478 e. The molecule has 31 heavy (non-hydrogen) atoms. The number of pyridine rings is 2. The van der Waals surface area contributed by atoms with E-state index in [0.29, 0.717) is 25.7 Å². The van der Waals surface area contributed by atoms with E-state index >= 15 is 0 Å². The normalized spacial score (nSPS) is 16.8. The van der Waals surface area contributed by atoms with Gasteiger partial charge in [-0.25, -0.2) is 4.98 Å². The number of nitrogens with zero attached hydrogens (tertiary/aromatic N) is 4. The number of carbonyl (C=O) groups excluding carboxylic acids is 1. The lowest BCUT2D eigenvalue weighted by molar-refractivity contribution is -0.139. The Morgan fingerprint density at radius 3 is 2.61 bits per heavy atom. The maximum Gasteiger partial charge on any atom is 0.242 e. The number of hydrogen-bond donors (Lipinski definition) is 0. The third-order valence-corrected chi connectivity index (χ3v) is 6.17. The third-order valence-electron chi connectivity index (χ3n) is 6.17. The van der Waals surface area contributed by atoms with E-state index in [2.05, 4.69) is 35.0 Å². The van der Waals surface area contributed by atoms with Gasteiger partial charge >= 0.3 is 0 Å². The Kier molecular flexibility index (Phi) is 4.87. The lowest BCUT2D eigenvalue weighted by atomic mass is 9.78. The summed E-state index contributed by atoms with van der Waals surface area (Å²) in [6.07, 6.45) is 4.59. The van der Waals surface area contributed by atoms with E-state index in [9.17, 15) is 4.79 Å². The highest BCUT2D eigenvalue weighted by molar-refractivity contribution is 6.13. The van der Waals surface area contributed by atoms with Crippen LogP contribution in [0.2, 0.25) is 0 Å². The van der Waals surface area contributed by atoms with E-state index in [1.165, 1.54) is 0 Å². The number of ether oxygens (including phenoxy) is 2. The fourth-order valence-corrected chi connectivity index (χ4v) is 4.42. The molecule has 1 amide bonds. The minimum atomic E-state index is -0.577. The van der Waals surface area contributed by atoms with Crippen LogP contribution >= 0.6 is 0 Å². The topological polar surface area (TPSA) is 67.8 Å². The molecule has 0 aliphatic carbocycles. The second kappa shape index (κ2) is 7.59. The van der Waals surface area contributed by atoms with Crippen molar-refractivity contribution in [2.45, 2.75) is 11.8 Å². The molecule has 2 aromatic heterocycles. The number of benzene rings is 1. The molecule has 160 valence electrons. The second-order valence-corrected chi connectivity index (χ2v) is 8.58. The molecule has 3 aromatic rings. The van der Waals surface area contributed by atoms with Gasteiger partial charge in [0.05, 0.1) is 37.2 Å². The number of hydrogen-bond acceptors (Lipinski definition) is 6. The number of fused-ring (bicyclic) bond motifs is 4. The van der Waals surface area contributed by atoms with Gasteiger partial charge in [0.2, 0.25) is 11.8 Å². The first-order valence-corrected chi connectivity index (χ1v) is 10.5. The van der Waals surface area contributed by atoms with E-state index in [4.69, 9.17) is 9.47 Å². The summed E-state index contributed by atoms with van der Waals surface area (Å²) in [7, 11) is 5.91. The molecular formula is C24H26N4O3. The molecule has 1 aromatic carbocycles. The highest BCUT2D eigenvalue weighted by Gasteiger charge is 2.56. The van der Waals surface area contributed by atoms with Gasteiger partial charge in [-0.05, 0) is 44.3 Å². The summed E-state index contributed by atoms with van der Waals surface area (Å²) in [5.41, 5.74) is 4.24. The van der Waals surface area contributed by atoms with E-state index < -0.39 is 5.41 Å². The van der Waals surface area contributed by atoms with Crippen LogP contribution in [0.3, 0.4) is 0 Å². The average molecular weight is 418 g/mol. The van der Waals surface area contributed by atoms with Crippen molar-refractivity contribution in [2.75, 3.05) is 52.4 Å². The first kappa shape index (κ1) is 19.9. The van der Waals surface area contributed by atoms with Crippen molar-refractivity contribution in [1.29, 1.82) is 0 Å². The van der Waals surface area contributed by atoms with Crippen LogP contribution < -0.4 is 9.64 Å². The molecule has 0 saturated carbocycles. The molecule has 2 aliphatic rings. The summed E-state index contributed by atoms with van der Waals surface area (Å²) in [6.45, 7) is 2.48. The Morgan fingerprint density at radius 2 is 1.94 bits per heavy atom. The van der Waals surface area contributed by atoms with Crippen molar-refractivity contribution >= 4 is 22.5 Å². The molecule has 1 spiro atoms. The van der Waals surface area contributed by atoms with Crippen molar-refractivity contribution in [2.24, 2.45) is 0 Å². The first-order valence-electron chi connectivity index (χ1n) is 10.5. The Labute approximate surface area is 181 Å². The fourth-order valence-electron chi connectivity index (χ4n) is 4.42. The predicted octanol–water partition coefficient (Wildman–Crippen LogP) is 2.87. The molecule has 7 heteroatoms. The van der Waals surface area contributed by atoms with Gasteiger partial charge in [0.1, 0.15) is 5.41 Å². The maximum atomic E-state index is 12.9. The zero-order chi connectivity index (χ0) is 21.6. The molecule has 2 aliphatic heterocycles. The summed E-state index contributed by atoms with van der Waals surface area (Å²) < 4.78 is 11.2. The molecule has 0 atom stereocenters. The number of likely N-dealkylation sites (N-methyl/N-ethyl adjacent to an activating group) is 1. The van der Waals surface area contributed by atoms with Crippen LogP contribution in [0.5, 0.6) is 5.88 Å². The number of aromatic nitrogens is 2. The van der Waals surface area contributed by atoms with Gasteiger partial charge in [-0.15, -0.1) is 0 Å². The summed E-state index contributed by atoms with van der Waals surface area (Å²) in [4.78, 5) is 25.8. The smallest absolute Gasteiger partial charge is 0.242 e. The van der Waals surface area contributed by atoms with Crippen molar-refractivity contribution in [3.63, 3.8) is 0 Å². The van der Waals surface area contributed by atoms with Crippen LogP contribution in [-0.4, -0.2) is 68.3 Å². The van der Waals surface area contributed by atoms with E-state index in [0.717, 1.165) is 46.2 Å². The van der Waals surface area contributed by atoms with Crippen LogP contribution in [0.4, 0.5) is 5.69 Å². The summed E-state index contributed by atoms with van der Waals surface area (Å²) in [6, 6.07) is 10.1. The summed E-state index contributed by atoms with van der Waals surface area (Å²) in [5.74, 6) is 0.717. The van der Waals surface area contributed by atoms with Gasteiger partial charge in [0.15, 0.2) is 0 Å². The molecule has 0 unspecified atom stereocenters. The largest absolute Gasteiger partial charge is 0.478 e. The molecule has 5 rings (SSSR count). The van der Waals surface area contributed by atoms with Gasteiger partial charge in [0, 0.05) is 42.4 Å². The van der Waals surface area contributed by atoms with Gasteiger partial charge < -0.3 is 19.3 Å². The van der Waals surface area contributed by atoms with Crippen molar-refractivity contribution < 1.29 is 14.3 Å². The summed E-state index contributed by atoms with van der Waals surface area (Å²) >= 11 is 0. The fraction of sp³-hybridized carbons (Fsp3) is 0.375. The zero-order valence-corrected chi connectivity index (χ0v) is 18.1. The van der Waals surface area contributed by atoms with Crippen molar-refractivity contribution in [3.05, 3.63) is 48.3 Å². The highest BCUT2D eigenvalue weighted by Crippen LogP contribution is 2.48. The molecule has 1 saturated heterocycles. The molecule has 0 radical (unpaired) electrons. The number of amides is 1. The quantitative estimate of drug-likeness (QED) is 0.574. The van der Waals surface area contributed by atoms with Gasteiger partial charge in [-0.2, -0.15) is 0 Å². The molecule has 4 heterocycles. The number of carbonyl (C=O) groups is 1. The molecule has 0 N–H and O–H groups in total. The van der Waals surface area contributed by atoms with E-state index in [-0.39, 0.29) is 5.91 Å². The lowest BCUT2D eigenvalue weighted by Crippen LogP contribution is -2.53. The lowest BCUT2D eigenvalue weighted by Gasteiger charge is -2.36. The molecular weight excluding hydrogens is 392 g/mol. The average Bonchev–Trinajstić information content (AvgIpc) is 2.99. The van der Waals surface area contributed by atoms with Crippen molar-refractivity contribution in [3.8, 4) is 17.0 Å². The van der Waals surface area contributed by atoms with E-state index in [1.54, 1.807) is 11.1 Å². The number of rotatable bonds is 6. The highest BCUT2D eigenvalue weighted by atomic mass is 16.5. The molecule has 1 fully saturated rings. The summed E-state index contributed by atoms with van der Waals surface area (Å²) in [5, 5.41) is 1.00. The van der Waals surface area contributed by atoms with Gasteiger partial charge in [0.25, 0.3) is 0 Å². The Balaban J connectivity index is 1.45. The standard InChI is InChI=1S/C24H26N4O3/c1-27(2)9-4-10-31-21-8-6-17(12-26-21)16-5-7-19-18(11-16)22-20(13-25-19)28(3)23(29)24(22)14-30-15-24/h5-8,11-13H,4,9-10,14-15H2,1-3H3. The first-order chi connectivity index (χ1) is 15.0. The van der Waals surface area contributed by atoms with Gasteiger partial charge in [-0.1, -0.05) is 6.07 Å². The molecule has 0 bridgehead atoms. The Bertz CT molecular complexity index is 1140. The van der Waals surface area contributed by atoms with Crippen LogP contribution in [0.25, 0.3) is 22.0 Å². The second-order valence-electron chi connectivity index (χ2n) is 8.58. The van der Waals surface area contributed by atoms with Crippen molar-refractivity contribution in [1.82, 2.24) is 14.9 Å². The van der Waals surface area contributed by atoms with Crippen LogP contribution in [0, 0.1) is 0 Å². The zero-order valence-electron chi connectivity index (χ0n) is 18.1. The Morgan fingerprint density at radius 1 is 1.13 bits per heavy atom. The number of anilines is 1. The maximum absolute atomic E-state index is 12.9. The SMILES string of the molecule is CN(C)CCCOc1ccc(-c2ccc3ncc4c(c3c2)C2(COC2)C(=O)N4C)cn1. The monoisotopic (exact) mass is 418 g/mol.